The molecule has 4 saturated heterocycles. The molecular weight excluding hydrogens is 1590 g/mol. The number of unbranched alkanes of at least 4 members (excludes halogenated alkanes) is 1. The van der Waals surface area contributed by atoms with Crippen molar-refractivity contribution in [3.63, 3.8) is 0 Å². The van der Waals surface area contributed by atoms with Gasteiger partial charge in [-0.15, -0.1) is 23.1 Å². The molecule has 632 valence electrons. The summed E-state index contributed by atoms with van der Waals surface area (Å²) >= 11 is 9.47. The molecule has 3 amide bonds. The molecule has 0 spiro atoms. The number of aryl methyl sites for hydroxylation is 1. The van der Waals surface area contributed by atoms with E-state index in [1.807, 2.05) is 112 Å². The van der Waals surface area contributed by atoms with Gasteiger partial charge in [-0.1, -0.05) is 99.5 Å². The Morgan fingerprint density at radius 1 is 0.778 bits per heavy atom. The highest BCUT2D eigenvalue weighted by molar-refractivity contribution is 7.99. The number of piperazine rings is 2. The number of anilines is 4. The highest BCUT2D eigenvalue weighted by Crippen LogP contribution is 2.45. The van der Waals surface area contributed by atoms with Crippen LogP contribution >= 0.6 is 34.7 Å². The molecule has 7 aromatic rings. The van der Waals surface area contributed by atoms with Crippen LogP contribution in [-0.2, 0) is 34.2 Å². The molecule has 22 nitrogen and oxygen atoms in total. The van der Waals surface area contributed by atoms with Gasteiger partial charge in [0.05, 0.1) is 58.1 Å². The summed E-state index contributed by atoms with van der Waals surface area (Å²) in [5.41, 5.74) is 5.33. The van der Waals surface area contributed by atoms with Crippen molar-refractivity contribution in [3.8, 4) is 10.4 Å². The lowest BCUT2D eigenvalue weighted by Crippen LogP contribution is -2.56. The standard InChI is InChI=1S/C87H113ClF3N13O9S4/c1-61(63-15-17-65(18-16-63)80-62(2)94-60-115-80)95-83(107)78-53-73(105)57-104(78)84(108)81(85(3,4)5)93-37-12-11-36-92-69-25-29-72(30-26-69)102-45-41-100(42-46-102)40-39-98(7)59-86(6)35-33-76(64-19-23-68(88)24-20-64)67(55-86)56-101-43-47-103(48-44-101)71-27-21-66(22-28-71)82(106)97-117(111,112)75-31-32-77(79(54-75)116(109,110)87(89,90)91)96-70(34-38-99-49-51-113-52-50-99)58-114-74-13-9-8-10-14-74/h8-10,13-32,54,60-61,70,73,78,81,92-93,96,105H,11-12,33-53,55-59H2,1-7H3,(H,95,107)(H,97,106)/t61-,70+,73+,78-,81+,86?/m0/s1. The number of likely N-dealkylation sites (N-methyl/N-ethyl adjacent to an activating group) is 1. The van der Waals surface area contributed by atoms with Gasteiger partial charge in [0, 0.05) is 162 Å². The molecule has 0 bridgehead atoms. The third kappa shape index (κ3) is 23.7. The number of aliphatic hydroxyl groups excluding tert-OH is 1. The Morgan fingerprint density at radius 3 is 2.05 bits per heavy atom. The predicted octanol–water partition coefficient (Wildman–Crippen LogP) is 13.0. The van der Waals surface area contributed by atoms with Crippen LogP contribution in [0.25, 0.3) is 16.0 Å². The second-order valence-electron chi connectivity index (χ2n) is 33.2. The van der Waals surface area contributed by atoms with E-state index in [0.29, 0.717) is 75.7 Å². The molecule has 5 heterocycles. The summed E-state index contributed by atoms with van der Waals surface area (Å²) in [6, 6.07) is 41.1. The van der Waals surface area contributed by atoms with Crippen LogP contribution in [0.2, 0.25) is 5.02 Å². The van der Waals surface area contributed by atoms with E-state index in [4.69, 9.17) is 16.3 Å². The summed E-state index contributed by atoms with van der Waals surface area (Å²) in [7, 11) is -8.75. The van der Waals surface area contributed by atoms with E-state index in [-0.39, 0.29) is 41.8 Å². The Bertz CT molecular complexity index is 4740. The smallest absolute Gasteiger partial charge is 0.391 e. The minimum Gasteiger partial charge on any atom is -0.391 e. The average molecular weight is 1710 g/mol. The number of alkyl halides is 3. The van der Waals surface area contributed by atoms with Gasteiger partial charge in [0.2, 0.25) is 11.8 Å². The number of hydrogen-bond donors (Lipinski definition) is 6. The van der Waals surface area contributed by atoms with Crippen molar-refractivity contribution in [2.45, 2.75) is 137 Å². The highest BCUT2D eigenvalue weighted by atomic mass is 35.5. The van der Waals surface area contributed by atoms with Gasteiger partial charge in [0.25, 0.3) is 25.8 Å². The molecule has 0 radical (unpaired) electrons. The number of carbonyl (C=O) groups excluding carboxylic acids is 3. The van der Waals surface area contributed by atoms with Crippen molar-refractivity contribution in [3.05, 3.63) is 184 Å². The first-order valence-corrected chi connectivity index (χ1v) is 45.9. The van der Waals surface area contributed by atoms with E-state index < -0.39 is 76.4 Å². The third-order valence-electron chi connectivity index (χ3n) is 23.1. The van der Waals surface area contributed by atoms with Gasteiger partial charge in [0.15, 0.2) is 0 Å². The van der Waals surface area contributed by atoms with Gasteiger partial charge in [-0.3, -0.25) is 29.1 Å². The van der Waals surface area contributed by atoms with E-state index in [1.54, 1.807) is 28.4 Å². The number of thiazole rings is 1. The molecule has 5 aliphatic rings. The topological polar surface area (TPSA) is 245 Å². The average Bonchev–Trinajstić information content (AvgIpc) is 1.15. The fourth-order valence-electron chi connectivity index (χ4n) is 16.4. The van der Waals surface area contributed by atoms with Crippen LogP contribution in [0, 0.1) is 17.8 Å². The van der Waals surface area contributed by atoms with Crippen LogP contribution in [0.1, 0.15) is 113 Å². The highest BCUT2D eigenvalue weighted by Gasteiger charge is 2.49. The number of morpholine rings is 1. The molecule has 4 fully saturated rings. The number of sulfone groups is 1. The molecule has 6 N–H and O–H groups in total. The van der Waals surface area contributed by atoms with Crippen LogP contribution in [0.5, 0.6) is 0 Å². The fraction of sp³-hybridized carbons (Fsp3) is 0.494. The first-order valence-electron chi connectivity index (χ1n) is 40.7. The van der Waals surface area contributed by atoms with Crippen LogP contribution in [-0.4, -0.2) is 243 Å². The largest absolute Gasteiger partial charge is 0.501 e. The third-order valence-corrected chi connectivity index (χ3v) is 28.4. The van der Waals surface area contributed by atoms with Crippen molar-refractivity contribution in [2.75, 3.05) is 164 Å². The summed E-state index contributed by atoms with van der Waals surface area (Å²) in [4.78, 5) is 62.1. The molecule has 1 aromatic heterocycles. The Morgan fingerprint density at radius 2 is 1.41 bits per heavy atom. The Balaban J connectivity index is 0.571. The summed E-state index contributed by atoms with van der Waals surface area (Å²) in [6.07, 6.45) is 4.50. The summed E-state index contributed by atoms with van der Waals surface area (Å²) in [5.74, 6) is -1.13. The summed E-state index contributed by atoms with van der Waals surface area (Å²) in [6.45, 7) is 27.3. The molecule has 4 aliphatic heterocycles. The number of likely N-dealkylation sites (tertiary alicyclic amines) is 1. The van der Waals surface area contributed by atoms with Gasteiger partial charge in [-0.2, -0.15) is 13.2 Å². The number of nitrogens with zero attached hydrogens (tertiary/aromatic N) is 8. The zero-order valence-electron chi connectivity index (χ0n) is 68.1. The first kappa shape index (κ1) is 88.6. The van der Waals surface area contributed by atoms with E-state index >= 15 is 0 Å². The SMILES string of the molecule is Cc1ncsc1-c1ccc([C@H](C)NC(=O)[C@@H]2C[C@@H](O)CN2C(=O)[C@@H](NCCCCNc2ccc(N3CCN(CCN(C)CC4(C)CCC(c5ccc(Cl)cc5)=C(CN5CCN(c6ccc(C(=O)NS(=O)(=O)c7ccc(N[C@H](CCN8CCOCC8)CSc8ccccc8)c(S(=O)(=O)C(F)(F)F)c7)cc6)CC5)C4)CC3)cc2)C(C)(C)C)cc1. The van der Waals surface area contributed by atoms with Crippen molar-refractivity contribution < 1.29 is 54.2 Å². The first-order chi connectivity index (χ1) is 55.8. The van der Waals surface area contributed by atoms with E-state index in [9.17, 15) is 49.5 Å². The van der Waals surface area contributed by atoms with Crippen molar-refractivity contribution >= 4 is 101 Å². The maximum Gasteiger partial charge on any atom is 0.501 e. The van der Waals surface area contributed by atoms with Crippen LogP contribution in [0.4, 0.5) is 35.9 Å². The predicted molar refractivity (Wildman–Crippen MR) is 463 cm³/mol. The van der Waals surface area contributed by atoms with Gasteiger partial charge in [0.1, 0.15) is 10.9 Å². The molecule has 1 aliphatic carbocycles. The second kappa shape index (κ2) is 39.7. The number of nitrogens with one attached hydrogen (secondary N) is 5. The van der Waals surface area contributed by atoms with Crippen molar-refractivity contribution in [1.82, 2.24) is 44.8 Å². The molecule has 6 atom stereocenters. The maximum atomic E-state index is 14.4. The molecule has 1 unspecified atom stereocenters. The monoisotopic (exact) mass is 1700 g/mol. The van der Waals surface area contributed by atoms with Crippen LogP contribution < -0.4 is 35.8 Å². The summed E-state index contributed by atoms with van der Waals surface area (Å²) in [5, 5.41) is 24.8. The Labute approximate surface area is 701 Å². The number of aromatic nitrogens is 1. The zero-order valence-corrected chi connectivity index (χ0v) is 72.1. The minimum absolute atomic E-state index is 0.0193. The number of aliphatic hydroxyl groups is 1. The fourth-order valence-corrected chi connectivity index (χ4v) is 20.4. The van der Waals surface area contributed by atoms with Crippen LogP contribution in [0.3, 0.4) is 0 Å². The molecule has 0 saturated carbocycles. The number of carbonyl (C=O) groups is 3. The van der Waals surface area contributed by atoms with Crippen molar-refractivity contribution in [2.24, 2.45) is 10.8 Å². The number of thioether (sulfide) groups is 1. The second-order valence-corrected chi connectivity index (χ2v) is 39.1. The van der Waals surface area contributed by atoms with Crippen LogP contribution in [0.15, 0.2) is 171 Å². The molecule has 6 aromatic carbocycles. The number of amides is 3. The quantitative estimate of drug-likeness (QED) is 0.0162. The lowest BCUT2D eigenvalue weighted by molar-refractivity contribution is -0.142. The maximum absolute atomic E-state index is 14.4. The van der Waals surface area contributed by atoms with E-state index in [1.165, 1.54) is 46.3 Å². The van der Waals surface area contributed by atoms with Gasteiger partial charge >= 0.3 is 5.51 Å². The normalized spacial score (nSPS) is 19.9. The van der Waals surface area contributed by atoms with E-state index in [2.05, 4.69) is 106 Å². The van der Waals surface area contributed by atoms with Gasteiger partial charge in [-0.05, 0) is 190 Å². The van der Waals surface area contributed by atoms with Crippen molar-refractivity contribution in [1.29, 1.82) is 0 Å². The number of sulfonamides is 1. The Kier molecular flexibility index (Phi) is 30.1. The molecule has 30 heteroatoms. The lowest BCUT2D eigenvalue weighted by Gasteiger charge is -2.42. The number of allylic oxidation sites excluding steroid dienone is 1. The molecule has 12 rings (SSSR count). The summed E-state index contributed by atoms with van der Waals surface area (Å²) < 4.78 is 105. The lowest BCUT2D eigenvalue weighted by atomic mass is 9.71. The zero-order chi connectivity index (χ0) is 83.2. The number of halogens is 4. The number of benzene rings is 6. The number of ether oxygens (including phenoxy) is 1. The molecule has 117 heavy (non-hydrogen) atoms. The minimum atomic E-state index is -6.10. The molecular formula is C87H113ClF3N13O9S4. The Hall–Kier alpha value is -7.65. The van der Waals surface area contributed by atoms with E-state index in [0.717, 1.165) is 154 Å². The number of hydrogen-bond acceptors (Lipinski definition) is 21. The number of β-amino-alcohol motifs (C(OH)–C–C–N with tert-alkyl or cyclic N) is 1. The number of rotatable bonds is 34. The van der Waals surface area contributed by atoms with Gasteiger partial charge < -0.3 is 50.7 Å². The van der Waals surface area contributed by atoms with Gasteiger partial charge in [-0.25, -0.2) is 26.5 Å².